The third-order valence-corrected chi connectivity index (χ3v) is 4.47. The first-order chi connectivity index (χ1) is 14.0. The molecule has 148 valence electrons. The van der Waals surface area contributed by atoms with Gasteiger partial charge in [-0.05, 0) is 68.3 Å². The summed E-state index contributed by atoms with van der Waals surface area (Å²) in [5, 5.41) is 5.99. The van der Waals surface area contributed by atoms with Crippen LogP contribution in [0.3, 0.4) is 0 Å². The summed E-state index contributed by atoms with van der Waals surface area (Å²) in [6.45, 7) is 6.09. The van der Waals surface area contributed by atoms with Crippen molar-refractivity contribution in [2.75, 3.05) is 17.2 Å². The second-order valence-electron chi connectivity index (χ2n) is 6.57. The van der Waals surface area contributed by atoms with Crippen molar-refractivity contribution in [2.45, 2.75) is 20.8 Å². The fourth-order valence-corrected chi connectivity index (χ4v) is 2.78. The highest BCUT2D eigenvalue weighted by atomic mass is 16.5. The summed E-state index contributed by atoms with van der Waals surface area (Å²) in [6.07, 6.45) is 1.57. The van der Waals surface area contributed by atoms with Crippen LogP contribution in [0.5, 0.6) is 0 Å². The van der Waals surface area contributed by atoms with Gasteiger partial charge in [0.25, 0.3) is 5.91 Å². The molecule has 3 aromatic rings. The van der Waals surface area contributed by atoms with Gasteiger partial charge in [-0.3, -0.25) is 4.79 Å². The van der Waals surface area contributed by atoms with Crippen molar-refractivity contribution in [1.82, 2.24) is 4.98 Å². The minimum absolute atomic E-state index is 0.263. The van der Waals surface area contributed by atoms with Crippen LogP contribution in [-0.2, 0) is 4.74 Å². The van der Waals surface area contributed by atoms with Crippen LogP contribution in [0.15, 0.2) is 60.8 Å². The number of hydrogen-bond donors (Lipinski definition) is 2. The van der Waals surface area contributed by atoms with Crippen molar-refractivity contribution in [1.29, 1.82) is 0 Å². The number of benzene rings is 2. The molecule has 0 saturated carbocycles. The summed E-state index contributed by atoms with van der Waals surface area (Å²) in [5.74, 6) is -0.262. The van der Waals surface area contributed by atoms with E-state index >= 15 is 0 Å². The standard InChI is InChI=1S/C23H23N3O3/c1-4-29-23(28)19-7-5-6-8-20(19)26-22(27)17-11-12-24-21(14-17)25-18-10-9-15(2)16(3)13-18/h5-14H,4H2,1-3H3,(H,24,25)(H,26,27). The molecule has 6 heteroatoms. The maximum absolute atomic E-state index is 12.7. The minimum Gasteiger partial charge on any atom is -0.462 e. The SMILES string of the molecule is CCOC(=O)c1ccccc1NC(=O)c1ccnc(Nc2ccc(C)c(C)c2)c1. The molecule has 3 rings (SSSR count). The van der Waals surface area contributed by atoms with Crippen molar-refractivity contribution in [2.24, 2.45) is 0 Å². The van der Waals surface area contributed by atoms with Crippen molar-refractivity contribution >= 4 is 29.1 Å². The number of amides is 1. The number of nitrogens with zero attached hydrogens (tertiary/aromatic N) is 1. The zero-order valence-corrected chi connectivity index (χ0v) is 16.7. The van der Waals surface area contributed by atoms with Gasteiger partial charge >= 0.3 is 5.97 Å². The van der Waals surface area contributed by atoms with Gasteiger partial charge in [0.1, 0.15) is 5.82 Å². The lowest BCUT2D eigenvalue weighted by Gasteiger charge is -2.12. The predicted octanol–water partition coefficient (Wildman–Crippen LogP) is 4.87. The second kappa shape index (κ2) is 9.01. The molecule has 0 aliphatic carbocycles. The Morgan fingerprint density at radius 3 is 2.55 bits per heavy atom. The zero-order valence-electron chi connectivity index (χ0n) is 16.7. The van der Waals surface area contributed by atoms with Crippen molar-refractivity contribution < 1.29 is 14.3 Å². The van der Waals surface area contributed by atoms with E-state index in [1.165, 1.54) is 11.1 Å². The molecule has 0 aliphatic rings. The molecule has 1 aromatic heterocycles. The van der Waals surface area contributed by atoms with Crippen LogP contribution in [0.2, 0.25) is 0 Å². The summed E-state index contributed by atoms with van der Waals surface area (Å²) in [6, 6.07) is 16.1. The van der Waals surface area contributed by atoms with E-state index in [2.05, 4.69) is 22.5 Å². The van der Waals surface area contributed by atoms with Gasteiger partial charge in [-0.25, -0.2) is 9.78 Å². The molecule has 6 nitrogen and oxygen atoms in total. The van der Waals surface area contributed by atoms with E-state index in [0.717, 1.165) is 5.69 Å². The quantitative estimate of drug-likeness (QED) is 0.588. The van der Waals surface area contributed by atoms with Gasteiger partial charge in [-0.2, -0.15) is 0 Å². The average molecular weight is 389 g/mol. The molecule has 2 N–H and O–H groups in total. The molecule has 0 saturated heterocycles. The fraction of sp³-hybridized carbons (Fsp3) is 0.174. The highest BCUT2D eigenvalue weighted by Gasteiger charge is 2.15. The Morgan fingerprint density at radius 2 is 1.79 bits per heavy atom. The van der Waals surface area contributed by atoms with Crippen LogP contribution in [0.25, 0.3) is 0 Å². The lowest BCUT2D eigenvalue weighted by Crippen LogP contribution is -2.16. The van der Waals surface area contributed by atoms with Crippen LogP contribution in [-0.4, -0.2) is 23.5 Å². The van der Waals surface area contributed by atoms with Gasteiger partial charge in [0.2, 0.25) is 0 Å². The van der Waals surface area contributed by atoms with E-state index < -0.39 is 5.97 Å². The first-order valence-corrected chi connectivity index (χ1v) is 9.35. The Morgan fingerprint density at radius 1 is 1.00 bits per heavy atom. The van der Waals surface area contributed by atoms with Crippen LogP contribution < -0.4 is 10.6 Å². The summed E-state index contributed by atoms with van der Waals surface area (Å²) in [7, 11) is 0. The molecule has 2 aromatic carbocycles. The van der Waals surface area contributed by atoms with Gasteiger partial charge in [-0.15, -0.1) is 0 Å². The molecule has 0 bridgehead atoms. The second-order valence-corrected chi connectivity index (χ2v) is 6.57. The third kappa shape index (κ3) is 4.99. The Balaban J connectivity index is 1.78. The number of rotatable bonds is 6. The monoisotopic (exact) mass is 389 g/mol. The maximum atomic E-state index is 12.7. The van der Waals surface area contributed by atoms with Crippen LogP contribution in [0.4, 0.5) is 17.2 Å². The van der Waals surface area contributed by atoms with Gasteiger partial charge < -0.3 is 15.4 Å². The number of nitrogens with one attached hydrogen (secondary N) is 2. The number of para-hydroxylation sites is 1. The number of carbonyl (C=O) groups is 2. The normalized spacial score (nSPS) is 10.3. The lowest BCUT2D eigenvalue weighted by atomic mass is 10.1. The molecule has 1 amide bonds. The Labute approximate surface area is 169 Å². The fourth-order valence-electron chi connectivity index (χ4n) is 2.78. The number of esters is 1. The molecular weight excluding hydrogens is 366 g/mol. The number of pyridine rings is 1. The molecule has 0 radical (unpaired) electrons. The molecule has 0 fully saturated rings. The first kappa shape index (κ1) is 20.1. The van der Waals surface area contributed by atoms with Crippen molar-refractivity contribution in [3.63, 3.8) is 0 Å². The summed E-state index contributed by atoms with van der Waals surface area (Å²) < 4.78 is 5.05. The van der Waals surface area contributed by atoms with E-state index in [1.807, 2.05) is 25.1 Å². The smallest absolute Gasteiger partial charge is 0.340 e. The average Bonchev–Trinajstić information content (AvgIpc) is 2.71. The van der Waals surface area contributed by atoms with Gasteiger partial charge in [0, 0.05) is 17.4 Å². The summed E-state index contributed by atoms with van der Waals surface area (Å²) >= 11 is 0. The predicted molar refractivity (Wildman–Crippen MR) is 114 cm³/mol. The topological polar surface area (TPSA) is 80.3 Å². The lowest BCUT2D eigenvalue weighted by molar-refractivity contribution is 0.0527. The Bertz CT molecular complexity index is 1050. The van der Waals surface area contributed by atoms with Crippen LogP contribution in [0.1, 0.15) is 38.8 Å². The number of carbonyl (C=O) groups excluding carboxylic acids is 2. The maximum Gasteiger partial charge on any atom is 0.340 e. The van der Waals surface area contributed by atoms with Gasteiger partial charge in [0.15, 0.2) is 0 Å². The molecule has 0 unspecified atom stereocenters. The highest BCUT2D eigenvalue weighted by molar-refractivity contribution is 6.08. The molecule has 0 aliphatic heterocycles. The van der Waals surface area contributed by atoms with E-state index in [9.17, 15) is 9.59 Å². The number of hydrogen-bond acceptors (Lipinski definition) is 5. The number of aromatic nitrogens is 1. The van der Waals surface area contributed by atoms with Crippen molar-refractivity contribution in [3.8, 4) is 0 Å². The zero-order chi connectivity index (χ0) is 20.8. The van der Waals surface area contributed by atoms with Crippen LogP contribution in [0, 0.1) is 13.8 Å². The number of anilines is 3. The number of ether oxygens (including phenoxy) is 1. The molecule has 0 spiro atoms. The molecule has 1 heterocycles. The molecular formula is C23H23N3O3. The molecule has 0 atom stereocenters. The van der Waals surface area contributed by atoms with Gasteiger partial charge in [-0.1, -0.05) is 18.2 Å². The van der Waals surface area contributed by atoms with Crippen molar-refractivity contribution in [3.05, 3.63) is 83.0 Å². The largest absolute Gasteiger partial charge is 0.462 e. The van der Waals surface area contributed by atoms with Crippen LogP contribution >= 0.6 is 0 Å². The summed E-state index contributed by atoms with van der Waals surface area (Å²) in [5.41, 5.74) is 4.40. The van der Waals surface area contributed by atoms with Gasteiger partial charge in [0.05, 0.1) is 17.9 Å². The molecule has 29 heavy (non-hydrogen) atoms. The van der Waals surface area contributed by atoms with E-state index in [1.54, 1.807) is 49.5 Å². The van der Waals surface area contributed by atoms with E-state index in [0.29, 0.717) is 22.6 Å². The number of aryl methyl sites for hydroxylation is 2. The van der Waals surface area contributed by atoms with E-state index in [-0.39, 0.29) is 12.5 Å². The Hall–Kier alpha value is -3.67. The summed E-state index contributed by atoms with van der Waals surface area (Å²) in [4.78, 5) is 29.1. The third-order valence-electron chi connectivity index (χ3n) is 4.47. The highest BCUT2D eigenvalue weighted by Crippen LogP contribution is 2.21. The minimum atomic E-state index is -0.477. The Kier molecular flexibility index (Phi) is 6.24. The first-order valence-electron chi connectivity index (χ1n) is 9.35. The van der Waals surface area contributed by atoms with E-state index in [4.69, 9.17) is 4.74 Å².